The van der Waals surface area contributed by atoms with Crippen molar-refractivity contribution in [3.05, 3.63) is 95.3 Å². The van der Waals surface area contributed by atoms with Gasteiger partial charge in [-0.15, -0.1) is 0 Å². The molecule has 10 heteroatoms. The molecule has 0 spiro atoms. The van der Waals surface area contributed by atoms with E-state index in [0.717, 1.165) is 45.1 Å². The van der Waals surface area contributed by atoms with Crippen molar-refractivity contribution >= 4 is 16.1 Å². The van der Waals surface area contributed by atoms with Crippen LogP contribution < -0.4 is 15.6 Å². The zero-order valence-electron chi connectivity index (χ0n) is 22.6. The smallest absolute Gasteiger partial charge is 0.421 e. The number of amides is 1. The van der Waals surface area contributed by atoms with E-state index in [1.165, 1.54) is 12.1 Å². The fourth-order valence-corrected chi connectivity index (χ4v) is 5.07. The van der Waals surface area contributed by atoms with E-state index < -0.39 is 16.1 Å². The topological polar surface area (TPSA) is 135 Å². The van der Waals surface area contributed by atoms with E-state index in [2.05, 4.69) is 0 Å². The molecular weight excluding hydrogens is 516 g/mol. The van der Waals surface area contributed by atoms with Crippen LogP contribution in [-0.4, -0.2) is 37.5 Å². The van der Waals surface area contributed by atoms with Gasteiger partial charge in [0, 0.05) is 17.7 Å². The Bertz CT molecular complexity index is 1510. The Balaban J connectivity index is 0.00000420. The normalized spacial score (nSPS) is 11.0. The average molecular weight is 551 g/mol. The van der Waals surface area contributed by atoms with E-state index in [1.807, 2.05) is 85.6 Å². The number of sulfonamides is 1. The molecular formula is C29H34N4O5S. The van der Waals surface area contributed by atoms with Crippen molar-refractivity contribution in [1.82, 2.24) is 20.7 Å². The van der Waals surface area contributed by atoms with Crippen LogP contribution in [0.25, 0.3) is 16.8 Å². The summed E-state index contributed by atoms with van der Waals surface area (Å²) in [6.45, 7) is 8.50. The minimum absolute atomic E-state index is 0. The molecule has 0 bridgehead atoms. The zero-order valence-corrected chi connectivity index (χ0v) is 23.4. The summed E-state index contributed by atoms with van der Waals surface area (Å²) < 4.78 is 39.1. The van der Waals surface area contributed by atoms with Gasteiger partial charge in [-0.2, -0.15) is 5.10 Å². The minimum atomic E-state index is -3.98. The van der Waals surface area contributed by atoms with Crippen LogP contribution in [0.4, 0.5) is 4.79 Å². The highest BCUT2D eigenvalue weighted by Crippen LogP contribution is 2.30. The molecule has 4 aromatic rings. The lowest BCUT2D eigenvalue weighted by Gasteiger charge is -2.09. The second kappa shape index (κ2) is 12.6. The Morgan fingerprint density at radius 2 is 1.56 bits per heavy atom. The molecule has 0 atom stereocenters. The van der Waals surface area contributed by atoms with Gasteiger partial charge in [0.25, 0.3) is 10.0 Å². The lowest BCUT2D eigenvalue weighted by atomic mass is 10.0. The van der Waals surface area contributed by atoms with Gasteiger partial charge < -0.3 is 15.6 Å². The van der Waals surface area contributed by atoms with Gasteiger partial charge in [-0.1, -0.05) is 42.0 Å². The Hall–Kier alpha value is -4.15. The number of rotatable bonds is 9. The van der Waals surface area contributed by atoms with Crippen LogP contribution in [0, 0.1) is 20.8 Å². The number of carbonyl (C=O) groups excluding carboxylic acids is 1. The average Bonchev–Trinajstić information content (AvgIpc) is 3.19. The number of nitrogens with zero attached hydrogens (tertiary/aromatic N) is 2. The van der Waals surface area contributed by atoms with Crippen LogP contribution >= 0.6 is 0 Å². The Morgan fingerprint density at radius 3 is 2.18 bits per heavy atom. The summed E-state index contributed by atoms with van der Waals surface area (Å²) in [6.07, 6.45) is -0.570. The molecule has 0 saturated heterocycles. The largest absolute Gasteiger partial charge is 0.494 e. The van der Waals surface area contributed by atoms with Gasteiger partial charge in [-0.25, -0.2) is 22.6 Å². The first-order valence-electron chi connectivity index (χ1n) is 12.3. The third-order valence-electron chi connectivity index (χ3n) is 6.10. The number of aromatic nitrogens is 2. The van der Waals surface area contributed by atoms with Crippen LogP contribution in [-0.2, 0) is 21.2 Å². The number of benzene rings is 3. The predicted molar refractivity (Wildman–Crippen MR) is 151 cm³/mol. The van der Waals surface area contributed by atoms with Gasteiger partial charge in [0.2, 0.25) is 0 Å². The summed E-state index contributed by atoms with van der Waals surface area (Å²) in [5, 5.41) is 4.75. The van der Waals surface area contributed by atoms with E-state index in [9.17, 15) is 13.2 Å². The van der Waals surface area contributed by atoms with Crippen LogP contribution in [0.1, 0.15) is 29.4 Å². The van der Waals surface area contributed by atoms with Gasteiger partial charge in [0.05, 0.1) is 29.5 Å². The third kappa shape index (κ3) is 7.04. The Labute approximate surface area is 229 Å². The molecule has 1 heterocycles. The number of hydrogen-bond acceptors (Lipinski definition) is 7. The van der Waals surface area contributed by atoms with Gasteiger partial charge >= 0.3 is 6.09 Å². The first kappa shape index (κ1) is 29.4. The number of carbonyl (C=O) groups is 1. The van der Waals surface area contributed by atoms with Gasteiger partial charge in [-0.05, 0) is 75.2 Å². The van der Waals surface area contributed by atoms with Crippen molar-refractivity contribution in [2.75, 3.05) is 13.2 Å². The lowest BCUT2D eigenvalue weighted by molar-refractivity contribution is 0.154. The standard InChI is InChI=1S/C29H31N3O5S.H3N/c1-5-36-26-14-10-24(11-15-26)28-21(3)30-32(22(28)4)25-12-8-23(9-13-25)18-19-37-29(33)31-38(34,35)27-16-6-20(2)7-17-27;/h6-17H,5,18-19H2,1-4H3,(H,31,33);1H3. The maximum Gasteiger partial charge on any atom is 0.421 e. The highest BCUT2D eigenvalue weighted by molar-refractivity contribution is 7.90. The summed E-state index contributed by atoms with van der Waals surface area (Å²) >= 11 is 0. The first-order valence-corrected chi connectivity index (χ1v) is 13.8. The van der Waals surface area contributed by atoms with Gasteiger partial charge in [-0.3, -0.25) is 0 Å². The van der Waals surface area contributed by atoms with Crippen LogP contribution in [0.15, 0.2) is 77.7 Å². The molecule has 1 amide bonds. The highest BCUT2D eigenvalue weighted by Gasteiger charge is 2.18. The quantitative estimate of drug-likeness (QED) is 0.274. The van der Waals surface area contributed by atoms with E-state index >= 15 is 0 Å². The molecule has 0 unspecified atom stereocenters. The third-order valence-corrected chi connectivity index (χ3v) is 7.43. The number of hydrogen-bond donors (Lipinski definition) is 2. The Kier molecular flexibility index (Phi) is 9.50. The van der Waals surface area contributed by atoms with Crippen molar-refractivity contribution in [1.29, 1.82) is 0 Å². The van der Waals surface area contributed by atoms with Crippen LogP contribution in [0.5, 0.6) is 5.75 Å². The van der Waals surface area contributed by atoms with Crippen LogP contribution in [0.2, 0.25) is 0 Å². The van der Waals surface area contributed by atoms with Crippen LogP contribution in [0.3, 0.4) is 0 Å². The number of nitrogens with one attached hydrogen (secondary N) is 1. The lowest BCUT2D eigenvalue weighted by Crippen LogP contribution is -2.31. The summed E-state index contributed by atoms with van der Waals surface area (Å²) in [6, 6.07) is 22.0. The van der Waals surface area contributed by atoms with Crippen molar-refractivity contribution < 1.29 is 22.7 Å². The Morgan fingerprint density at radius 1 is 0.923 bits per heavy atom. The van der Waals surface area contributed by atoms with E-state index in [1.54, 1.807) is 12.1 Å². The zero-order chi connectivity index (χ0) is 27.3. The van der Waals surface area contributed by atoms with Crippen molar-refractivity contribution in [2.45, 2.75) is 39.0 Å². The molecule has 39 heavy (non-hydrogen) atoms. The minimum Gasteiger partial charge on any atom is -0.494 e. The maximum atomic E-state index is 12.3. The maximum absolute atomic E-state index is 12.3. The van der Waals surface area contributed by atoms with Crippen molar-refractivity contribution in [3.8, 4) is 22.6 Å². The summed E-state index contributed by atoms with van der Waals surface area (Å²) in [5.74, 6) is 0.837. The van der Waals surface area contributed by atoms with E-state index in [4.69, 9.17) is 14.6 Å². The summed E-state index contributed by atoms with van der Waals surface area (Å²) in [5.41, 5.74) is 6.88. The first-order chi connectivity index (χ1) is 18.2. The van der Waals surface area contributed by atoms with Gasteiger partial charge in [0.1, 0.15) is 5.75 Å². The molecule has 3 aromatic carbocycles. The predicted octanol–water partition coefficient (Wildman–Crippen LogP) is 5.68. The molecule has 4 rings (SSSR count). The SMILES string of the molecule is CCOc1ccc(-c2c(C)nn(-c3ccc(CCOC(=O)NS(=O)(=O)c4ccc(C)cc4)cc3)c2C)cc1.N. The molecule has 0 saturated carbocycles. The fraction of sp³-hybridized carbons (Fsp3) is 0.241. The summed E-state index contributed by atoms with van der Waals surface area (Å²) in [4.78, 5) is 12.0. The molecule has 0 aliphatic carbocycles. The van der Waals surface area contributed by atoms with E-state index in [0.29, 0.717) is 13.0 Å². The molecule has 1 aromatic heterocycles. The molecule has 206 valence electrons. The molecule has 0 radical (unpaired) electrons. The van der Waals surface area contributed by atoms with Crippen molar-refractivity contribution in [3.63, 3.8) is 0 Å². The highest BCUT2D eigenvalue weighted by atomic mass is 32.2. The molecule has 0 fully saturated rings. The second-order valence-corrected chi connectivity index (χ2v) is 10.6. The molecule has 0 aliphatic rings. The van der Waals surface area contributed by atoms with E-state index in [-0.39, 0.29) is 17.7 Å². The molecule has 9 nitrogen and oxygen atoms in total. The molecule has 4 N–H and O–H groups in total. The number of aryl methyl sites for hydroxylation is 2. The summed E-state index contributed by atoms with van der Waals surface area (Å²) in [7, 11) is -3.98. The van der Waals surface area contributed by atoms with Crippen molar-refractivity contribution in [2.24, 2.45) is 0 Å². The monoisotopic (exact) mass is 550 g/mol. The fourth-order valence-electron chi connectivity index (χ4n) is 4.18. The number of ether oxygens (including phenoxy) is 2. The molecule has 0 aliphatic heterocycles. The second-order valence-electron chi connectivity index (χ2n) is 8.89. The van der Waals surface area contributed by atoms with Gasteiger partial charge in [0.15, 0.2) is 0 Å².